The molecule has 2 N–H and O–H groups in total. The van der Waals surface area contributed by atoms with Crippen LogP contribution in [0.1, 0.15) is 5.76 Å². The average molecular weight is 328 g/mol. The lowest BCUT2D eigenvalue weighted by Crippen LogP contribution is -2.02. The van der Waals surface area contributed by atoms with Crippen LogP contribution in [0, 0.1) is 6.92 Å². The fourth-order valence-corrected chi connectivity index (χ4v) is 2.02. The molecular formula is C15H16N6O3. The van der Waals surface area contributed by atoms with Gasteiger partial charge in [-0.2, -0.15) is 10.1 Å². The van der Waals surface area contributed by atoms with Gasteiger partial charge in [0.1, 0.15) is 5.76 Å². The Kier molecular flexibility index (Phi) is 4.41. The van der Waals surface area contributed by atoms with Gasteiger partial charge in [0.25, 0.3) is 0 Å². The van der Waals surface area contributed by atoms with Gasteiger partial charge in [-0.3, -0.25) is 0 Å². The molecule has 0 bridgehead atoms. The Morgan fingerprint density at radius 2 is 1.83 bits per heavy atom. The van der Waals surface area contributed by atoms with Crippen LogP contribution >= 0.6 is 0 Å². The third-order valence-electron chi connectivity index (χ3n) is 3.08. The van der Waals surface area contributed by atoms with E-state index in [2.05, 4.69) is 31.0 Å². The maximum atomic E-state index is 5.27. The molecule has 0 spiro atoms. The van der Waals surface area contributed by atoms with Gasteiger partial charge in [0.2, 0.25) is 5.95 Å². The number of rotatable bonds is 6. The number of hydrogen-bond acceptors (Lipinski definition) is 9. The summed E-state index contributed by atoms with van der Waals surface area (Å²) in [6, 6.07) is 7.15. The maximum Gasteiger partial charge on any atom is 0.249 e. The quantitative estimate of drug-likeness (QED) is 0.706. The molecule has 9 nitrogen and oxygen atoms in total. The first-order valence-electron chi connectivity index (χ1n) is 7.07. The first kappa shape index (κ1) is 15.5. The summed E-state index contributed by atoms with van der Waals surface area (Å²) in [7, 11) is 3.16. The normalized spacial score (nSPS) is 10.3. The molecule has 0 saturated heterocycles. The third-order valence-corrected chi connectivity index (χ3v) is 3.08. The number of aryl methyl sites for hydroxylation is 1. The summed E-state index contributed by atoms with van der Waals surface area (Å²) in [5.74, 6) is 3.30. The van der Waals surface area contributed by atoms with Crippen LogP contribution < -0.4 is 20.1 Å². The van der Waals surface area contributed by atoms with Crippen molar-refractivity contribution in [1.29, 1.82) is 0 Å². The Morgan fingerprint density at radius 3 is 2.54 bits per heavy atom. The Hall–Kier alpha value is -3.36. The molecule has 0 radical (unpaired) electrons. The first-order valence-corrected chi connectivity index (χ1v) is 7.07. The molecule has 0 aliphatic heterocycles. The summed E-state index contributed by atoms with van der Waals surface area (Å²) < 4.78 is 15.5. The van der Waals surface area contributed by atoms with Crippen molar-refractivity contribution in [1.82, 2.24) is 20.3 Å². The highest BCUT2D eigenvalue weighted by Crippen LogP contribution is 2.30. The fraction of sp³-hybridized carbons (Fsp3) is 0.200. The summed E-state index contributed by atoms with van der Waals surface area (Å²) in [4.78, 5) is 4.32. The Morgan fingerprint density at radius 1 is 1.00 bits per heavy atom. The molecule has 9 heteroatoms. The molecule has 0 fully saturated rings. The Bertz CT molecular complexity index is 836. The van der Waals surface area contributed by atoms with E-state index in [1.54, 1.807) is 39.3 Å². The van der Waals surface area contributed by atoms with Crippen molar-refractivity contribution in [2.24, 2.45) is 0 Å². The van der Waals surface area contributed by atoms with Crippen LogP contribution in [-0.4, -0.2) is 34.6 Å². The topological polar surface area (TPSA) is 107 Å². The van der Waals surface area contributed by atoms with Crippen molar-refractivity contribution in [3.8, 4) is 11.5 Å². The van der Waals surface area contributed by atoms with E-state index < -0.39 is 0 Å². The van der Waals surface area contributed by atoms with E-state index in [1.165, 1.54) is 6.20 Å². The van der Waals surface area contributed by atoms with Crippen molar-refractivity contribution in [3.05, 3.63) is 36.2 Å². The van der Waals surface area contributed by atoms with Gasteiger partial charge in [-0.15, -0.1) is 5.10 Å². The van der Waals surface area contributed by atoms with Gasteiger partial charge in [-0.05, 0) is 19.1 Å². The highest BCUT2D eigenvalue weighted by Gasteiger charge is 2.08. The molecule has 0 amide bonds. The van der Waals surface area contributed by atoms with Crippen molar-refractivity contribution >= 4 is 23.3 Å². The van der Waals surface area contributed by atoms with Gasteiger partial charge >= 0.3 is 0 Å². The van der Waals surface area contributed by atoms with Crippen LogP contribution in [-0.2, 0) is 0 Å². The lowest BCUT2D eigenvalue weighted by atomic mass is 10.3. The van der Waals surface area contributed by atoms with Crippen molar-refractivity contribution < 1.29 is 14.0 Å². The molecule has 2 aromatic heterocycles. The summed E-state index contributed by atoms with van der Waals surface area (Å²) in [6.07, 6.45) is 1.49. The molecule has 0 aliphatic carbocycles. The van der Waals surface area contributed by atoms with Crippen molar-refractivity contribution in [2.75, 3.05) is 24.9 Å². The molecule has 3 aromatic rings. The molecule has 0 aliphatic rings. The number of aromatic nitrogens is 4. The molecule has 1 aromatic carbocycles. The van der Waals surface area contributed by atoms with Gasteiger partial charge in [-0.25, -0.2) is 0 Å². The zero-order chi connectivity index (χ0) is 16.9. The third kappa shape index (κ3) is 3.51. The highest BCUT2D eigenvalue weighted by molar-refractivity contribution is 5.60. The molecule has 0 unspecified atom stereocenters. The summed E-state index contributed by atoms with van der Waals surface area (Å²) in [5.41, 5.74) is 0.740. The molecular weight excluding hydrogens is 312 g/mol. The number of anilines is 4. The van der Waals surface area contributed by atoms with Crippen molar-refractivity contribution in [3.63, 3.8) is 0 Å². The van der Waals surface area contributed by atoms with E-state index in [-0.39, 0.29) is 0 Å². The minimum absolute atomic E-state index is 0.326. The summed E-state index contributed by atoms with van der Waals surface area (Å²) >= 11 is 0. The lowest BCUT2D eigenvalue weighted by Gasteiger charge is -2.10. The second kappa shape index (κ2) is 6.82. The Balaban J connectivity index is 1.77. The van der Waals surface area contributed by atoms with Crippen LogP contribution in [0.15, 0.2) is 35.0 Å². The molecule has 24 heavy (non-hydrogen) atoms. The van der Waals surface area contributed by atoms with E-state index in [0.717, 1.165) is 5.69 Å². The number of hydrogen-bond donors (Lipinski definition) is 2. The van der Waals surface area contributed by atoms with Crippen LogP contribution in [0.3, 0.4) is 0 Å². The minimum Gasteiger partial charge on any atom is -0.493 e. The van der Waals surface area contributed by atoms with Gasteiger partial charge in [-0.1, -0.05) is 5.16 Å². The largest absolute Gasteiger partial charge is 0.493 e. The van der Waals surface area contributed by atoms with E-state index >= 15 is 0 Å². The van der Waals surface area contributed by atoms with E-state index in [4.69, 9.17) is 14.0 Å². The number of ether oxygens (including phenoxy) is 2. The minimum atomic E-state index is 0.326. The monoisotopic (exact) mass is 328 g/mol. The summed E-state index contributed by atoms with van der Waals surface area (Å²) in [6.45, 7) is 1.81. The van der Waals surface area contributed by atoms with E-state index in [1.807, 2.05) is 6.07 Å². The predicted octanol–water partition coefficient (Wildman–Crippen LogP) is 2.67. The van der Waals surface area contributed by atoms with Crippen LogP contribution in [0.2, 0.25) is 0 Å². The van der Waals surface area contributed by atoms with Gasteiger partial charge in [0.05, 0.1) is 20.4 Å². The second-order valence-electron chi connectivity index (χ2n) is 4.81. The van der Waals surface area contributed by atoms with Crippen LogP contribution in [0.4, 0.5) is 23.3 Å². The van der Waals surface area contributed by atoms with Crippen LogP contribution in [0.5, 0.6) is 11.5 Å². The maximum absolute atomic E-state index is 5.27. The number of benzene rings is 1. The lowest BCUT2D eigenvalue weighted by molar-refractivity contribution is 0.355. The summed E-state index contributed by atoms with van der Waals surface area (Å²) in [5, 5.41) is 17.7. The number of nitrogens with zero attached hydrogens (tertiary/aromatic N) is 4. The zero-order valence-electron chi connectivity index (χ0n) is 13.4. The van der Waals surface area contributed by atoms with E-state index in [9.17, 15) is 0 Å². The Labute approximate surface area is 138 Å². The number of methoxy groups -OCH3 is 2. The average Bonchev–Trinajstić information content (AvgIpc) is 3.00. The smallest absolute Gasteiger partial charge is 0.249 e. The molecule has 3 rings (SSSR count). The van der Waals surface area contributed by atoms with Gasteiger partial charge < -0.3 is 24.6 Å². The van der Waals surface area contributed by atoms with E-state index in [0.29, 0.717) is 34.8 Å². The highest BCUT2D eigenvalue weighted by atomic mass is 16.5. The standard InChI is InChI=1S/C15H16N6O3/c1-9-6-13(21-24-9)18-14-8-16-20-15(19-14)17-10-4-5-11(22-2)12(7-10)23-3/h4-8H,1-3H3,(H2,17,18,19,20,21). The zero-order valence-corrected chi connectivity index (χ0v) is 13.4. The SMILES string of the molecule is COc1ccc(Nc2nncc(Nc3cc(C)on3)n2)cc1OC. The fourth-order valence-electron chi connectivity index (χ4n) is 2.02. The second-order valence-corrected chi connectivity index (χ2v) is 4.81. The predicted molar refractivity (Wildman–Crippen MR) is 87.2 cm³/mol. The molecule has 2 heterocycles. The molecule has 0 atom stereocenters. The molecule has 0 saturated carbocycles. The van der Waals surface area contributed by atoms with Crippen LogP contribution in [0.25, 0.3) is 0 Å². The van der Waals surface area contributed by atoms with Crippen molar-refractivity contribution in [2.45, 2.75) is 6.92 Å². The first-order chi connectivity index (χ1) is 11.7. The molecule has 124 valence electrons. The van der Waals surface area contributed by atoms with Gasteiger partial charge in [0, 0.05) is 17.8 Å². The van der Waals surface area contributed by atoms with Gasteiger partial charge in [0.15, 0.2) is 23.1 Å². The number of nitrogens with one attached hydrogen (secondary N) is 2.